The van der Waals surface area contributed by atoms with Crippen LogP contribution in [0.4, 0.5) is 10.1 Å². The number of piperidine rings is 1. The van der Waals surface area contributed by atoms with Gasteiger partial charge in [0.05, 0.1) is 13.4 Å². The number of halogens is 1. The third kappa shape index (κ3) is 6.24. The second kappa shape index (κ2) is 9.87. The van der Waals surface area contributed by atoms with Crippen LogP contribution in [0.25, 0.3) is 0 Å². The van der Waals surface area contributed by atoms with Gasteiger partial charge in [-0.15, -0.1) is 0 Å². The average Bonchev–Trinajstić information content (AvgIpc) is 3.56. The maximum atomic E-state index is 13.8. The van der Waals surface area contributed by atoms with Crippen LogP contribution in [0.3, 0.4) is 0 Å². The molecule has 2 N–H and O–H groups in total. The van der Waals surface area contributed by atoms with E-state index in [1.807, 2.05) is 6.07 Å². The Labute approximate surface area is 200 Å². The van der Waals surface area contributed by atoms with Gasteiger partial charge < -0.3 is 15.0 Å². The van der Waals surface area contributed by atoms with Gasteiger partial charge in [-0.2, -0.15) is 0 Å². The highest BCUT2D eigenvalue weighted by Gasteiger charge is 2.45. The number of sulfonamides is 1. The molecule has 1 aromatic heterocycles. The Balaban J connectivity index is 1.42. The first-order valence-electron chi connectivity index (χ1n) is 11.5. The summed E-state index contributed by atoms with van der Waals surface area (Å²) in [6.45, 7) is 1.94. The van der Waals surface area contributed by atoms with Crippen molar-refractivity contribution in [2.45, 2.75) is 37.6 Å². The first kappa shape index (κ1) is 24.4. The van der Waals surface area contributed by atoms with Gasteiger partial charge in [0.2, 0.25) is 10.0 Å². The largest absolute Gasteiger partial charge is 0.496 e. The van der Waals surface area contributed by atoms with Gasteiger partial charge in [-0.1, -0.05) is 0 Å². The standard InChI is InChI=1S/C24H31FN4O4S/c1-33-22-6-5-19(25)12-18(22)14-24(8-9-24)28-23(30)21-13-20(7-10-26-21)29-11-3-4-17(16-29)15-27-34(2,31)32/h5-7,10,12-13,17,27H,3-4,8-9,11,14-16H2,1-2H3,(H,28,30)/t17-/m0/s1. The van der Waals surface area contributed by atoms with Gasteiger partial charge >= 0.3 is 0 Å². The number of rotatable bonds is 9. The molecular formula is C24H31FN4O4S. The number of aromatic nitrogens is 1. The quantitative estimate of drug-likeness (QED) is 0.560. The van der Waals surface area contributed by atoms with E-state index >= 15 is 0 Å². The number of methoxy groups -OCH3 is 1. The zero-order valence-electron chi connectivity index (χ0n) is 19.5. The maximum absolute atomic E-state index is 13.8. The Morgan fingerprint density at radius 1 is 1.29 bits per heavy atom. The number of benzene rings is 1. The molecule has 10 heteroatoms. The van der Waals surface area contributed by atoms with Crippen molar-refractivity contribution in [2.24, 2.45) is 5.92 Å². The van der Waals surface area contributed by atoms with Crippen molar-refractivity contribution in [2.75, 3.05) is 37.9 Å². The molecule has 184 valence electrons. The van der Waals surface area contributed by atoms with Crippen LogP contribution in [-0.2, 0) is 16.4 Å². The van der Waals surface area contributed by atoms with Crippen LogP contribution in [-0.4, -0.2) is 57.8 Å². The van der Waals surface area contributed by atoms with Crippen molar-refractivity contribution in [3.05, 3.63) is 53.6 Å². The van der Waals surface area contributed by atoms with Crippen molar-refractivity contribution in [3.63, 3.8) is 0 Å². The SMILES string of the molecule is COc1ccc(F)cc1CC1(NC(=O)c2cc(N3CCC[C@@H](CNS(C)(=O)=O)C3)ccn2)CC1. The first-order chi connectivity index (χ1) is 16.2. The predicted molar refractivity (Wildman–Crippen MR) is 128 cm³/mol. The molecule has 34 heavy (non-hydrogen) atoms. The fraction of sp³-hybridized carbons (Fsp3) is 0.500. The summed E-state index contributed by atoms with van der Waals surface area (Å²) in [7, 11) is -1.68. The van der Waals surface area contributed by atoms with Crippen molar-refractivity contribution in [1.29, 1.82) is 0 Å². The Bertz CT molecular complexity index is 1150. The lowest BCUT2D eigenvalue weighted by Crippen LogP contribution is -2.41. The summed E-state index contributed by atoms with van der Waals surface area (Å²) in [6, 6.07) is 8.06. The molecule has 0 radical (unpaired) electrons. The monoisotopic (exact) mass is 490 g/mol. The topological polar surface area (TPSA) is 101 Å². The van der Waals surface area contributed by atoms with Gasteiger partial charge in [0.25, 0.3) is 5.91 Å². The zero-order chi connectivity index (χ0) is 24.3. The summed E-state index contributed by atoms with van der Waals surface area (Å²) in [5.74, 6) is 0.206. The number of nitrogens with one attached hydrogen (secondary N) is 2. The summed E-state index contributed by atoms with van der Waals surface area (Å²) in [5, 5.41) is 3.10. The second-order valence-corrected chi connectivity index (χ2v) is 11.2. The molecule has 1 amide bonds. The number of anilines is 1. The Kier molecular flexibility index (Phi) is 7.09. The van der Waals surface area contributed by atoms with Crippen LogP contribution < -0.4 is 19.7 Å². The summed E-state index contributed by atoms with van der Waals surface area (Å²) in [4.78, 5) is 19.5. The molecule has 1 aliphatic carbocycles. The molecule has 0 spiro atoms. The van der Waals surface area contributed by atoms with Gasteiger partial charge in [-0.3, -0.25) is 9.78 Å². The number of ether oxygens (including phenoxy) is 1. The number of pyridine rings is 1. The van der Waals surface area contributed by atoms with Gasteiger partial charge in [0, 0.05) is 37.1 Å². The normalized spacial score (nSPS) is 19.5. The van der Waals surface area contributed by atoms with Crippen molar-refractivity contribution >= 4 is 21.6 Å². The minimum absolute atomic E-state index is 0.199. The van der Waals surface area contributed by atoms with Crippen LogP contribution in [0, 0.1) is 11.7 Å². The highest BCUT2D eigenvalue weighted by Crippen LogP contribution is 2.41. The van der Waals surface area contributed by atoms with Gasteiger partial charge in [-0.25, -0.2) is 17.5 Å². The number of hydrogen-bond acceptors (Lipinski definition) is 6. The highest BCUT2D eigenvalue weighted by molar-refractivity contribution is 7.88. The van der Waals surface area contributed by atoms with E-state index < -0.39 is 15.6 Å². The van der Waals surface area contributed by atoms with Crippen LogP contribution in [0.15, 0.2) is 36.5 Å². The van der Waals surface area contributed by atoms with Crippen molar-refractivity contribution < 1.29 is 22.3 Å². The van der Waals surface area contributed by atoms with E-state index in [1.54, 1.807) is 25.4 Å². The highest BCUT2D eigenvalue weighted by atomic mass is 32.2. The number of carbonyl (C=O) groups is 1. The molecule has 1 aliphatic heterocycles. The molecule has 2 aliphatic rings. The van der Waals surface area contributed by atoms with Crippen LogP contribution >= 0.6 is 0 Å². The first-order valence-corrected chi connectivity index (χ1v) is 13.4. The number of carbonyl (C=O) groups excluding carboxylic acids is 1. The fourth-order valence-electron chi connectivity index (χ4n) is 4.53. The Morgan fingerprint density at radius 3 is 2.79 bits per heavy atom. The smallest absolute Gasteiger partial charge is 0.270 e. The van der Waals surface area contributed by atoms with E-state index in [0.29, 0.717) is 31.0 Å². The Hall–Kier alpha value is -2.72. The predicted octanol–water partition coefficient (Wildman–Crippen LogP) is 2.50. The third-order valence-corrected chi connectivity index (χ3v) is 7.19. The summed E-state index contributed by atoms with van der Waals surface area (Å²) >= 11 is 0. The minimum Gasteiger partial charge on any atom is -0.496 e. The van der Waals surface area contributed by atoms with E-state index in [2.05, 4.69) is 19.9 Å². The molecule has 2 aromatic rings. The molecule has 0 unspecified atom stereocenters. The fourth-order valence-corrected chi connectivity index (χ4v) is 5.07. The lowest BCUT2D eigenvalue weighted by Gasteiger charge is -2.34. The molecule has 1 aromatic carbocycles. The number of amides is 1. The third-order valence-electron chi connectivity index (χ3n) is 6.50. The van der Waals surface area contributed by atoms with E-state index in [-0.39, 0.29) is 17.6 Å². The molecular weight excluding hydrogens is 459 g/mol. The van der Waals surface area contributed by atoms with Gasteiger partial charge in [0.1, 0.15) is 17.3 Å². The molecule has 4 rings (SSSR count). The molecule has 8 nitrogen and oxygen atoms in total. The Morgan fingerprint density at radius 2 is 2.09 bits per heavy atom. The lowest BCUT2D eigenvalue weighted by molar-refractivity contribution is 0.0926. The molecule has 0 bridgehead atoms. The minimum atomic E-state index is -3.22. The average molecular weight is 491 g/mol. The molecule has 1 atom stereocenters. The number of hydrogen-bond donors (Lipinski definition) is 2. The van der Waals surface area contributed by atoms with Crippen LogP contribution in [0.2, 0.25) is 0 Å². The lowest BCUT2D eigenvalue weighted by atomic mass is 9.98. The zero-order valence-corrected chi connectivity index (χ0v) is 20.3. The molecule has 1 saturated carbocycles. The maximum Gasteiger partial charge on any atom is 0.270 e. The van der Waals surface area contributed by atoms with E-state index in [0.717, 1.165) is 43.5 Å². The van der Waals surface area contributed by atoms with E-state index in [1.165, 1.54) is 18.4 Å². The molecule has 2 heterocycles. The summed E-state index contributed by atoms with van der Waals surface area (Å²) in [6.07, 6.45) is 6.77. The van der Waals surface area contributed by atoms with Crippen LogP contribution in [0.5, 0.6) is 5.75 Å². The molecule has 2 fully saturated rings. The number of nitrogens with zero attached hydrogens (tertiary/aromatic N) is 2. The van der Waals surface area contributed by atoms with E-state index in [9.17, 15) is 17.6 Å². The van der Waals surface area contributed by atoms with Crippen molar-refractivity contribution in [3.8, 4) is 5.75 Å². The summed E-state index contributed by atoms with van der Waals surface area (Å²) in [5.41, 5.74) is 1.51. The molecule has 1 saturated heterocycles. The van der Waals surface area contributed by atoms with Gasteiger partial charge in [0.15, 0.2) is 0 Å². The van der Waals surface area contributed by atoms with Crippen molar-refractivity contribution in [1.82, 2.24) is 15.0 Å². The second-order valence-electron chi connectivity index (χ2n) is 9.34. The summed E-state index contributed by atoms with van der Waals surface area (Å²) < 4.78 is 44.6. The van der Waals surface area contributed by atoms with Gasteiger partial charge in [-0.05, 0) is 73.9 Å². The van der Waals surface area contributed by atoms with E-state index in [4.69, 9.17) is 4.74 Å². The van der Waals surface area contributed by atoms with Crippen LogP contribution in [0.1, 0.15) is 41.7 Å².